The molecule has 11 N–H and O–H groups in total. The van der Waals surface area contributed by atoms with Crippen LogP contribution in [0.1, 0.15) is 97.3 Å². The van der Waals surface area contributed by atoms with Crippen molar-refractivity contribution in [3.8, 4) is 0 Å². The number of methoxy groups -OCH3 is 1. The van der Waals surface area contributed by atoms with Crippen molar-refractivity contribution >= 4 is 5.97 Å². The van der Waals surface area contributed by atoms with Gasteiger partial charge in [0.25, 0.3) is 0 Å². The summed E-state index contributed by atoms with van der Waals surface area (Å²) in [7, 11) is 1.62. The lowest BCUT2D eigenvalue weighted by Gasteiger charge is -2.52. The number of carbonyl (C=O) groups is 1. The molecule has 0 amide bonds. The van der Waals surface area contributed by atoms with Gasteiger partial charge in [0.05, 0.1) is 74.8 Å². The first kappa shape index (κ1) is 43.3. The summed E-state index contributed by atoms with van der Waals surface area (Å²) in [5, 5.41) is 63.0. The average Bonchev–Trinajstić information content (AvgIpc) is 3.54. The second-order valence-electron chi connectivity index (χ2n) is 18.4. The number of aliphatic hydroxyl groups is 4. The van der Waals surface area contributed by atoms with Gasteiger partial charge in [-0.3, -0.25) is 11.1 Å². The monoisotopic (exact) mass is 782 g/mol. The van der Waals surface area contributed by atoms with Gasteiger partial charge in [-0.1, -0.05) is 12.2 Å². The van der Waals surface area contributed by atoms with Gasteiger partial charge in [0.15, 0.2) is 0 Å². The minimum absolute atomic E-state index is 0.00704. The molecule has 18 unspecified atom stereocenters. The molecule has 0 bridgehead atoms. The van der Waals surface area contributed by atoms with E-state index in [4.69, 9.17) is 24.7 Å². The lowest BCUT2D eigenvalue weighted by Crippen LogP contribution is -3.01. The smallest absolute Gasteiger partial charge is 0.137 e. The van der Waals surface area contributed by atoms with Crippen molar-refractivity contribution in [2.24, 2.45) is 40.7 Å². The van der Waals surface area contributed by atoms with Gasteiger partial charge in [0, 0.05) is 43.8 Å². The Kier molecular flexibility index (Phi) is 15.5. The number of carboxylic acids is 1. The van der Waals surface area contributed by atoms with Crippen LogP contribution < -0.4 is 26.8 Å². The highest BCUT2D eigenvalue weighted by Gasteiger charge is 2.59. The SMILES string of the molecule is COC1CC(C2CC(O)CC(CCC3CCC(O)C(OCNCC(C)O)C3)O2)CC(OCC2[NH2+]C(C)CCC23C(C(=O)[O-])C=CC3C2CC[NH2+]C(N)C2)C1O. The number of nitrogens with one attached hydrogen (secondary N) is 1. The maximum Gasteiger partial charge on any atom is 0.137 e. The van der Waals surface area contributed by atoms with E-state index in [1.807, 2.05) is 6.08 Å². The summed E-state index contributed by atoms with van der Waals surface area (Å²) in [5.74, 6) is -1.00. The van der Waals surface area contributed by atoms with Crippen molar-refractivity contribution in [3.63, 3.8) is 0 Å². The molecule has 0 radical (unpaired) electrons. The topological polar surface area (TPSA) is 229 Å². The van der Waals surface area contributed by atoms with Crippen LogP contribution in [0, 0.1) is 35.0 Å². The molecule has 3 saturated heterocycles. The van der Waals surface area contributed by atoms with Crippen LogP contribution in [0.5, 0.6) is 0 Å². The molecule has 14 nitrogen and oxygen atoms in total. The van der Waals surface area contributed by atoms with Crippen LogP contribution in [0.4, 0.5) is 0 Å². The Bertz CT molecular complexity index is 1250. The van der Waals surface area contributed by atoms with Crippen LogP contribution in [0.15, 0.2) is 12.2 Å². The Labute approximate surface area is 327 Å². The molecular weight excluding hydrogens is 708 g/mol. The minimum Gasteiger partial charge on any atom is -0.549 e. The first-order valence-electron chi connectivity index (χ1n) is 21.5. The molecule has 1 spiro atoms. The number of nitrogens with two attached hydrogens (primary N) is 3. The van der Waals surface area contributed by atoms with Gasteiger partial charge in [0.2, 0.25) is 0 Å². The average molecular weight is 782 g/mol. The van der Waals surface area contributed by atoms with E-state index in [1.165, 1.54) is 0 Å². The van der Waals surface area contributed by atoms with Crippen LogP contribution in [0.2, 0.25) is 0 Å². The summed E-state index contributed by atoms with van der Waals surface area (Å²) in [5.41, 5.74) is 5.85. The predicted molar refractivity (Wildman–Crippen MR) is 201 cm³/mol. The Hall–Kier alpha value is -1.27. The molecule has 14 heteroatoms. The van der Waals surface area contributed by atoms with Gasteiger partial charge < -0.3 is 59.9 Å². The molecular formula is C41H73N4O10+. The molecule has 6 aliphatic rings. The number of ether oxygens (including phenoxy) is 4. The highest BCUT2D eigenvalue weighted by Crippen LogP contribution is 2.54. The molecule has 0 aromatic heterocycles. The van der Waals surface area contributed by atoms with E-state index in [-0.39, 0.29) is 49.1 Å². The molecule has 2 saturated carbocycles. The van der Waals surface area contributed by atoms with Gasteiger partial charge in [-0.25, -0.2) is 0 Å². The highest BCUT2D eigenvalue weighted by molar-refractivity contribution is 5.72. The second kappa shape index (κ2) is 19.7. The molecule has 5 fully saturated rings. The third-order valence-corrected chi connectivity index (χ3v) is 14.5. The van der Waals surface area contributed by atoms with Gasteiger partial charge in [-0.15, -0.1) is 0 Å². The Morgan fingerprint density at radius 2 is 1.80 bits per heavy atom. The number of quaternary nitrogens is 2. The lowest BCUT2D eigenvalue weighted by molar-refractivity contribution is -0.746. The van der Waals surface area contributed by atoms with E-state index < -0.39 is 53.9 Å². The maximum absolute atomic E-state index is 12.8. The zero-order chi connectivity index (χ0) is 39.3. The second-order valence-corrected chi connectivity index (χ2v) is 18.4. The molecule has 3 aliphatic carbocycles. The number of aliphatic carboxylic acids is 1. The lowest BCUT2D eigenvalue weighted by atomic mass is 9.57. The molecule has 3 aliphatic heterocycles. The summed E-state index contributed by atoms with van der Waals surface area (Å²) in [6.45, 7) is 5.86. The molecule has 3 heterocycles. The van der Waals surface area contributed by atoms with E-state index in [9.17, 15) is 30.3 Å². The fourth-order valence-corrected chi connectivity index (χ4v) is 11.6. The van der Waals surface area contributed by atoms with Crippen molar-refractivity contribution in [3.05, 3.63) is 12.2 Å². The standard InChI is InChI=1S/C41H72N4O10/c1-23-10-12-41(30(7-8-31(41)40(50)51)26-11-13-44-38(42)17-26)37(45-23)21-53-36-16-27(15-35(52-3)39(36)49)33-19-28(47)18-29(55-33)6-4-25-5-9-32(48)34(14-25)54-22-43-20-24(2)46/h7-8,23-39,43-49H,4-6,9-22,42H2,1-3H3,(H,50,51)/p+1. The first-order chi connectivity index (χ1) is 26.4. The van der Waals surface area contributed by atoms with Crippen molar-refractivity contribution in [2.45, 2.75) is 171 Å². The summed E-state index contributed by atoms with van der Waals surface area (Å²) in [6.07, 6.45) is 10.0. The summed E-state index contributed by atoms with van der Waals surface area (Å²) in [6, 6.07) is 0.169. The summed E-state index contributed by atoms with van der Waals surface area (Å²) < 4.78 is 25.3. The zero-order valence-corrected chi connectivity index (χ0v) is 33.5. The van der Waals surface area contributed by atoms with E-state index in [2.05, 4.69) is 29.0 Å². The summed E-state index contributed by atoms with van der Waals surface area (Å²) >= 11 is 0. The van der Waals surface area contributed by atoms with Crippen LogP contribution in [-0.4, -0.2) is 133 Å². The van der Waals surface area contributed by atoms with Crippen molar-refractivity contribution < 1.29 is 59.9 Å². The fourth-order valence-electron chi connectivity index (χ4n) is 11.6. The highest BCUT2D eigenvalue weighted by atomic mass is 16.5. The van der Waals surface area contributed by atoms with Gasteiger partial charge in [-0.2, -0.15) is 0 Å². The van der Waals surface area contributed by atoms with E-state index in [0.717, 1.165) is 57.9 Å². The van der Waals surface area contributed by atoms with Gasteiger partial charge in [-0.05, 0) is 108 Å². The number of carbonyl (C=O) groups excluding carboxylic acids is 1. The molecule has 316 valence electrons. The Morgan fingerprint density at radius 3 is 2.55 bits per heavy atom. The molecule has 55 heavy (non-hydrogen) atoms. The first-order valence-corrected chi connectivity index (χ1v) is 21.5. The van der Waals surface area contributed by atoms with Crippen LogP contribution in [0.25, 0.3) is 0 Å². The molecule has 18 atom stereocenters. The van der Waals surface area contributed by atoms with E-state index >= 15 is 0 Å². The Balaban J connectivity index is 1.08. The van der Waals surface area contributed by atoms with Crippen molar-refractivity contribution in [1.29, 1.82) is 0 Å². The van der Waals surface area contributed by atoms with Crippen molar-refractivity contribution in [1.82, 2.24) is 5.32 Å². The van der Waals surface area contributed by atoms with Crippen LogP contribution in [-0.2, 0) is 23.7 Å². The molecule has 0 aromatic rings. The number of allylic oxidation sites excluding steroid dienone is 1. The summed E-state index contributed by atoms with van der Waals surface area (Å²) in [4.78, 5) is 12.8. The van der Waals surface area contributed by atoms with Crippen LogP contribution >= 0.6 is 0 Å². The normalized spacial score (nSPS) is 45.8. The quantitative estimate of drug-likeness (QED) is 0.0525. The Morgan fingerprint density at radius 1 is 1.00 bits per heavy atom. The largest absolute Gasteiger partial charge is 0.549 e. The van der Waals surface area contributed by atoms with Gasteiger partial charge in [0.1, 0.15) is 18.3 Å². The molecule has 6 rings (SSSR count). The van der Waals surface area contributed by atoms with Crippen molar-refractivity contribution in [2.75, 3.05) is 33.5 Å². The number of piperidine rings is 2. The predicted octanol–water partition coefficient (Wildman–Crippen LogP) is -1.77. The number of rotatable bonds is 15. The third-order valence-electron chi connectivity index (χ3n) is 14.5. The fraction of sp³-hybridized carbons (Fsp3) is 0.927. The third kappa shape index (κ3) is 10.5. The molecule has 0 aromatic carbocycles. The number of hydrogen-bond acceptors (Lipinski definition) is 12. The minimum atomic E-state index is -1.03. The van der Waals surface area contributed by atoms with Gasteiger partial charge >= 0.3 is 0 Å². The van der Waals surface area contributed by atoms with E-state index in [1.54, 1.807) is 14.0 Å². The maximum atomic E-state index is 12.8. The number of carboxylic acid groups (broad SMARTS) is 1. The zero-order valence-electron chi connectivity index (χ0n) is 33.5. The van der Waals surface area contributed by atoms with Crippen LogP contribution in [0.3, 0.4) is 0 Å². The number of aliphatic hydroxyl groups excluding tert-OH is 4. The number of hydrogen-bond donors (Lipinski definition) is 8. The van der Waals surface area contributed by atoms with E-state index in [0.29, 0.717) is 63.1 Å².